The summed E-state index contributed by atoms with van der Waals surface area (Å²) in [5, 5.41) is 5.41. The van der Waals surface area contributed by atoms with E-state index in [-0.39, 0.29) is 19.1 Å². The smallest absolute Gasteiger partial charge is 0.281 e. The molecular weight excluding hydrogens is 356 g/mol. The Balaban J connectivity index is 1.31. The highest BCUT2D eigenvalue weighted by atomic mass is 32.1. The summed E-state index contributed by atoms with van der Waals surface area (Å²) in [5.41, 5.74) is 0.835. The number of amides is 1. The first-order valence-corrected chi connectivity index (χ1v) is 9.33. The number of hydrogen-bond acceptors (Lipinski definition) is 4. The number of hydrogen-bond donors (Lipinski definition) is 1. The molecule has 0 atom stereocenters. The molecule has 1 aromatic heterocycles. The maximum absolute atomic E-state index is 12.2. The van der Waals surface area contributed by atoms with Crippen LogP contribution in [0.15, 0.2) is 66.7 Å². The van der Waals surface area contributed by atoms with E-state index in [2.05, 4.69) is 22.1 Å². The van der Waals surface area contributed by atoms with Crippen LogP contribution in [0.4, 0.5) is 0 Å². The van der Waals surface area contributed by atoms with Gasteiger partial charge in [0.05, 0.1) is 16.8 Å². The van der Waals surface area contributed by atoms with Crippen molar-refractivity contribution in [2.24, 2.45) is 0 Å². The largest absolute Gasteiger partial charge is 0.480 e. The van der Waals surface area contributed by atoms with Gasteiger partial charge in [0.25, 0.3) is 5.91 Å². The number of nitrogens with one attached hydrogen (secondary N) is 1. The lowest BCUT2D eigenvalue weighted by Crippen LogP contribution is -2.23. The lowest BCUT2D eigenvalue weighted by atomic mass is 10.1. The van der Waals surface area contributed by atoms with Crippen LogP contribution in [0.5, 0.6) is 5.75 Å². The number of carbonyl (C=O) groups is 1. The van der Waals surface area contributed by atoms with E-state index in [4.69, 9.17) is 4.74 Å². The predicted molar refractivity (Wildman–Crippen MR) is 109 cm³/mol. The van der Waals surface area contributed by atoms with Crippen molar-refractivity contribution >= 4 is 38.2 Å². The number of nitrogens with zero attached hydrogens (tertiary/aromatic N) is 1. The molecule has 3 aromatic carbocycles. The Morgan fingerprint density at radius 3 is 2.74 bits per heavy atom. The molecule has 1 heterocycles. The van der Waals surface area contributed by atoms with Crippen molar-refractivity contribution in [3.63, 3.8) is 0 Å². The number of para-hydroxylation sites is 1. The minimum atomic E-state index is -0.208. The molecular formula is C22H16N2O2S. The van der Waals surface area contributed by atoms with Gasteiger partial charge in [0, 0.05) is 5.39 Å². The minimum absolute atomic E-state index is 0.208. The van der Waals surface area contributed by atoms with Gasteiger partial charge in [0.15, 0.2) is 5.01 Å². The van der Waals surface area contributed by atoms with Crippen LogP contribution in [0.2, 0.25) is 0 Å². The van der Waals surface area contributed by atoms with E-state index in [0.717, 1.165) is 26.7 Å². The van der Waals surface area contributed by atoms with Crippen LogP contribution in [0.3, 0.4) is 0 Å². The van der Waals surface area contributed by atoms with Crippen LogP contribution in [-0.2, 0) is 0 Å². The van der Waals surface area contributed by atoms with Crippen molar-refractivity contribution in [1.82, 2.24) is 10.3 Å². The molecule has 0 aliphatic rings. The molecule has 0 radical (unpaired) electrons. The topological polar surface area (TPSA) is 51.2 Å². The summed E-state index contributed by atoms with van der Waals surface area (Å²) in [6, 6.07) is 21.7. The van der Waals surface area contributed by atoms with Crippen molar-refractivity contribution in [3.8, 4) is 17.6 Å². The molecule has 0 saturated heterocycles. The van der Waals surface area contributed by atoms with Crippen molar-refractivity contribution < 1.29 is 9.53 Å². The standard InChI is InChI=1S/C22H16N2O2S/c25-21(22-24-18-11-3-4-13-20(18)27-22)23-14-5-6-15-26-19-12-7-9-16-8-1-2-10-17(16)19/h1-4,7-13H,14-15H2,(H,23,25). The zero-order valence-electron chi connectivity index (χ0n) is 14.4. The van der Waals surface area contributed by atoms with E-state index in [9.17, 15) is 4.79 Å². The van der Waals surface area contributed by atoms with Crippen LogP contribution in [0.25, 0.3) is 21.0 Å². The van der Waals surface area contributed by atoms with Gasteiger partial charge in [-0.1, -0.05) is 60.4 Å². The molecule has 4 rings (SSSR count). The summed E-state index contributed by atoms with van der Waals surface area (Å²) < 4.78 is 6.75. The van der Waals surface area contributed by atoms with Crippen molar-refractivity contribution in [2.45, 2.75) is 0 Å². The Kier molecular flexibility index (Phi) is 4.99. The molecule has 132 valence electrons. The molecule has 0 aliphatic carbocycles. The molecule has 5 heteroatoms. The Bertz CT molecular complexity index is 1130. The molecule has 1 N–H and O–H groups in total. The van der Waals surface area contributed by atoms with Gasteiger partial charge in [0.1, 0.15) is 12.4 Å². The Hall–Kier alpha value is -3.36. The molecule has 0 aliphatic heterocycles. The van der Waals surface area contributed by atoms with E-state index in [0.29, 0.717) is 5.01 Å². The average molecular weight is 372 g/mol. The van der Waals surface area contributed by atoms with Crippen LogP contribution >= 0.6 is 11.3 Å². The summed E-state index contributed by atoms with van der Waals surface area (Å²) in [7, 11) is 0. The van der Waals surface area contributed by atoms with Gasteiger partial charge in [-0.3, -0.25) is 4.79 Å². The summed E-state index contributed by atoms with van der Waals surface area (Å²) in [4.78, 5) is 16.5. The first-order valence-electron chi connectivity index (χ1n) is 8.51. The second-order valence-corrected chi connectivity index (χ2v) is 6.82. The highest BCUT2D eigenvalue weighted by Crippen LogP contribution is 2.25. The zero-order chi connectivity index (χ0) is 18.5. The Morgan fingerprint density at radius 1 is 1.00 bits per heavy atom. The first kappa shape index (κ1) is 17.1. The van der Waals surface area contributed by atoms with E-state index in [1.807, 2.05) is 66.7 Å². The maximum Gasteiger partial charge on any atom is 0.281 e. The third-order valence-electron chi connectivity index (χ3n) is 4.00. The van der Waals surface area contributed by atoms with Crippen LogP contribution < -0.4 is 10.1 Å². The highest BCUT2D eigenvalue weighted by Gasteiger charge is 2.10. The fraction of sp³-hybridized carbons (Fsp3) is 0.0909. The number of benzene rings is 3. The van der Waals surface area contributed by atoms with Gasteiger partial charge >= 0.3 is 0 Å². The monoisotopic (exact) mass is 372 g/mol. The molecule has 0 spiro atoms. The third kappa shape index (κ3) is 3.91. The number of ether oxygens (including phenoxy) is 1. The fourth-order valence-electron chi connectivity index (χ4n) is 2.72. The van der Waals surface area contributed by atoms with Gasteiger partial charge in [0.2, 0.25) is 0 Å². The van der Waals surface area contributed by atoms with E-state index >= 15 is 0 Å². The quantitative estimate of drug-likeness (QED) is 0.545. The van der Waals surface area contributed by atoms with Gasteiger partial charge in [-0.25, -0.2) is 4.98 Å². The van der Waals surface area contributed by atoms with Gasteiger partial charge in [-0.15, -0.1) is 11.3 Å². The maximum atomic E-state index is 12.2. The summed E-state index contributed by atoms with van der Waals surface area (Å²) in [5.74, 6) is 6.43. The van der Waals surface area contributed by atoms with E-state index in [1.165, 1.54) is 11.3 Å². The minimum Gasteiger partial charge on any atom is -0.480 e. The molecule has 27 heavy (non-hydrogen) atoms. The van der Waals surface area contributed by atoms with E-state index < -0.39 is 0 Å². The molecule has 0 unspecified atom stereocenters. The van der Waals surface area contributed by atoms with Crippen LogP contribution in [-0.4, -0.2) is 24.0 Å². The number of rotatable bonds is 4. The number of aromatic nitrogens is 1. The normalized spacial score (nSPS) is 10.4. The van der Waals surface area contributed by atoms with Crippen LogP contribution in [0.1, 0.15) is 9.80 Å². The first-order chi connectivity index (χ1) is 13.3. The van der Waals surface area contributed by atoms with Crippen LogP contribution in [0, 0.1) is 11.8 Å². The number of fused-ring (bicyclic) bond motifs is 2. The van der Waals surface area contributed by atoms with E-state index in [1.54, 1.807) is 0 Å². The zero-order valence-corrected chi connectivity index (χ0v) is 15.3. The molecule has 0 fully saturated rings. The fourth-order valence-corrected chi connectivity index (χ4v) is 3.60. The second-order valence-electron chi connectivity index (χ2n) is 5.79. The lowest BCUT2D eigenvalue weighted by molar-refractivity contribution is 0.0958. The second kappa shape index (κ2) is 7.90. The van der Waals surface area contributed by atoms with Crippen molar-refractivity contribution in [2.75, 3.05) is 13.2 Å². The van der Waals surface area contributed by atoms with Gasteiger partial charge < -0.3 is 10.1 Å². The number of carbonyl (C=O) groups excluding carboxylic acids is 1. The average Bonchev–Trinajstić information content (AvgIpc) is 3.15. The number of thiazole rings is 1. The van der Waals surface area contributed by atoms with Gasteiger partial charge in [-0.2, -0.15) is 0 Å². The van der Waals surface area contributed by atoms with Gasteiger partial charge in [-0.05, 0) is 23.6 Å². The summed E-state index contributed by atoms with van der Waals surface area (Å²) >= 11 is 1.38. The highest BCUT2D eigenvalue weighted by molar-refractivity contribution is 7.20. The Morgan fingerprint density at radius 2 is 1.81 bits per heavy atom. The summed E-state index contributed by atoms with van der Waals surface area (Å²) in [6.07, 6.45) is 0. The summed E-state index contributed by atoms with van der Waals surface area (Å²) in [6.45, 7) is 0.526. The molecule has 0 bridgehead atoms. The van der Waals surface area contributed by atoms with Crippen molar-refractivity contribution in [1.29, 1.82) is 0 Å². The predicted octanol–water partition coefficient (Wildman–Crippen LogP) is 4.26. The Labute approximate surface area is 160 Å². The SMILES string of the molecule is O=C(NCC#CCOc1cccc2ccccc12)c1nc2ccccc2s1. The lowest BCUT2D eigenvalue weighted by Gasteiger charge is -2.06. The van der Waals surface area contributed by atoms with Crippen molar-refractivity contribution in [3.05, 3.63) is 71.7 Å². The molecule has 1 amide bonds. The molecule has 0 saturated carbocycles. The molecule has 4 nitrogen and oxygen atoms in total. The molecule has 4 aromatic rings. The third-order valence-corrected chi connectivity index (χ3v) is 5.04.